The van der Waals surface area contributed by atoms with Gasteiger partial charge in [-0.2, -0.15) is 0 Å². The van der Waals surface area contributed by atoms with Gasteiger partial charge in [0.1, 0.15) is 19.1 Å². The summed E-state index contributed by atoms with van der Waals surface area (Å²) in [5.74, 6) is -1.18. The Morgan fingerprint density at radius 1 is 1.25 bits per heavy atom. The van der Waals surface area contributed by atoms with Gasteiger partial charge < -0.3 is 25.2 Å². The highest BCUT2D eigenvalue weighted by molar-refractivity contribution is 6.00. The van der Waals surface area contributed by atoms with Gasteiger partial charge in [0, 0.05) is 39.2 Å². The van der Waals surface area contributed by atoms with Crippen molar-refractivity contribution in [3.05, 3.63) is 29.8 Å². The summed E-state index contributed by atoms with van der Waals surface area (Å²) in [7, 11) is 3.05. The van der Waals surface area contributed by atoms with Gasteiger partial charge in [0.15, 0.2) is 0 Å². The predicted molar refractivity (Wildman–Crippen MR) is 103 cm³/mol. The quantitative estimate of drug-likeness (QED) is 0.740. The Labute approximate surface area is 164 Å². The maximum atomic E-state index is 12.7. The number of fused-ring (bicyclic) bond motifs is 1. The van der Waals surface area contributed by atoms with E-state index in [1.165, 1.54) is 16.8 Å². The van der Waals surface area contributed by atoms with Gasteiger partial charge >= 0.3 is 6.09 Å². The van der Waals surface area contributed by atoms with Crippen LogP contribution in [0.2, 0.25) is 0 Å². The Kier molecular flexibility index (Phi) is 7.36. The highest BCUT2D eigenvalue weighted by Crippen LogP contribution is 2.32. The van der Waals surface area contributed by atoms with E-state index in [0.717, 1.165) is 0 Å². The molecule has 2 N–H and O–H groups in total. The normalized spacial score (nSPS) is 17.0. The lowest BCUT2D eigenvalue weighted by atomic mass is 10.0. The molecule has 1 aromatic carbocycles. The fraction of sp³-hybridized carbons (Fsp3) is 0.474. The van der Waals surface area contributed by atoms with Crippen molar-refractivity contribution >= 4 is 29.5 Å². The van der Waals surface area contributed by atoms with Gasteiger partial charge in [-0.25, -0.2) is 4.79 Å². The van der Waals surface area contributed by atoms with Crippen LogP contribution in [-0.2, 0) is 19.1 Å². The van der Waals surface area contributed by atoms with E-state index >= 15 is 0 Å². The molecule has 1 aromatic rings. The van der Waals surface area contributed by atoms with Crippen LogP contribution in [0.15, 0.2) is 24.3 Å². The number of nitrogens with zero attached hydrogens (tertiary/aromatic N) is 2. The molecular weight excluding hydrogens is 364 g/mol. The number of nitrogens with one attached hydrogen (secondary N) is 2. The highest BCUT2D eigenvalue weighted by atomic mass is 16.6. The first-order valence-corrected chi connectivity index (χ1v) is 9.15. The highest BCUT2D eigenvalue weighted by Gasteiger charge is 2.29. The summed E-state index contributed by atoms with van der Waals surface area (Å²) < 4.78 is 5.56. The minimum Gasteiger partial charge on any atom is -0.441 e. The average molecular weight is 390 g/mol. The van der Waals surface area contributed by atoms with E-state index in [9.17, 15) is 19.2 Å². The van der Waals surface area contributed by atoms with Gasteiger partial charge in [-0.1, -0.05) is 18.2 Å². The number of rotatable bonds is 4. The average Bonchev–Trinajstić information content (AvgIpc) is 2.73. The number of likely N-dealkylation sites (N-methyl/N-ethyl adjacent to an activating group) is 1. The van der Waals surface area contributed by atoms with Crippen LogP contribution in [0.1, 0.15) is 31.4 Å². The van der Waals surface area contributed by atoms with E-state index in [1.54, 1.807) is 38.2 Å². The SMILES string of the molecule is CCNC(=O)OC1CCN(C(=O)CC(=O)NC)CC(=O)N(C)c2ccccc21. The third kappa shape index (κ3) is 5.21. The number of hydrogen-bond donors (Lipinski definition) is 2. The van der Waals surface area contributed by atoms with Crippen LogP contribution in [0.25, 0.3) is 0 Å². The molecule has 9 nitrogen and oxygen atoms in total. The summed E-state index contributed by atoms with van der Waals surface area (Å²) in [6.07, 6.45) is -1.26. The number of hydrogen-bond acceptors (Lipinski definition) is 5. The topological polar surface area (TPSA) is 108 Å². The smallest absolute Gasteiger partial charge is 0.407 e. The van der Waals surface area contributed by atoms with Crippen LogP contribution >= 0.6 is 0 Å². The molecule has 1 atom stereocenters. The van der Waals surface area contributed by atoms with Gasteiger partial charge in [-0.15, -0.1) is 0 Å². The maximum absolute atomic E-state index is 12.7. The van der Waals surface area contributed by atoms with Crippen molar-refractivity contribution in [2.75, 3.05) is 38.6 Å². The Morgan fingerprint density at radius 3 is 2.64 bits per heavy atom. The van der Waals surface area contributed by atoms with Crippen molar-refractivity contribution in [2.45, 2.75) is 25.9 Å². The number of carbonyl (C=O) groups excluding carboxylic acids is 4. The van der Waals surface area contributed by atoms with E-state index in [1.807, 2.05) is 0 Å². The van der Waals surface area contributed by atoms with Gasteiger partial charge in [0.25, 0.3) is 0 Å². The lowest BCUT2D eigenvalue weighted by Gasteiger charge is -2.24. The summed E-state index contributed by atoms with van der Waals surface area (Å²) in [6, 6.07) is 7.16. The molecule has 0 saturated heterocycles. The van der Waals surface area contributed by atoms with Crippen molar-refractivity contribution in [2.24, 2.45) is 0 Å². The van der Waals surface area contributed by atoms with Crippen molar-refractivity contribution in [1.82, 2.24) is 15.5 Å². The third-order valence-electron chi connectivity index (χ3n) is 4.52. The number of carbonyl (C=O) groups is 4. The molecule has 28 heavy (non-hydrogen) atoms. The summed E-state index contributed by atoms with van der Waals surface area (Å²) in [5.41, 5.74) is 1.30. The third-order valence-corrected chi connectivity index (χ3v) is 4.52. The van der Waals surface area contributed by atoms with Gasteiger partial charge in [-0.3, -0.25) is 14.4 Å². The Balaban J connectivity index is 2.33. The molecule has 4 amide bonds. The van der Waals surface area contributed by atoms with Crippen LogP contribution < -0.4 is 15.5 Å². The fourth-order valence-electron chi connectivity index (χ4n) is 2.96. The van der Waals surface area contributed by atoms with Crippen LogP contribution in [0.5, 0.6) is 0 Å². The summed E-state index contributed by atoms with van der Waals surface area (Å²) >= 11 is 0. The van der Waals surface area contributed by atoms with E-state index in [-0.39, 0.29) is 25.4 Å². The van der Waals surface area contributed by atoms with Crippen molar-refractivity contribution in [3.63, 3.8) is 0 Å². The molecule has 1 heterocycles. The lowest BCUT2D eigenvalue weighted by Crippen LogP contribution is -2.43. The first kappa shape index (κ1) is 21.2. The molecule has 152 valence electrons. The molecule has 1 aliphatic rings. The molecule has 0 spiro atoms. The van der Waals surface area contributed by atoms with E-state index in [0.29, 0.717) is 24.2 Å². The molecule has 1 unspecified atom stereocenters. The molecule has 0 radical (unpaired) electrons. The number of para-hydroxylation sites is 1. The van der Waals surface area contributed by atoms with Crippen molar-refractivity contribution in [1.29, 1.82) is 0 Å². The first-order valence-electron chi connectivity index (χ1n) is 9.15. The molecule has 0 fully saturated rings. The molecule has 0 aliphatic carbocycles. The first-order chi connectivity index (χ1) is 13.4. The predicted octanol–water partition coefficient (Wildman–Crippen LogP) is 0.805. The Hall–Kier alpha value is -3.10. The second-order valence-corrected chi connectivity index (χ2v) is 6.39. The zero-order valence-corrected chi connectivity index (χ0v) is 16.4. The molecule has 2 rings (SSSR count). The molecule has 1 aliphatic heterocycles. The molecule has 0 saturated carbocycles. The number of anilines is 1. The maximum Gasteiger partial charge on any atom is 0.407 e. The van der Waals surface area contributed by atoms with Crippen LogP contribution in [0, 0.1) is 0 Å². The largest absolute Gasteiger partial charge is 0.441 e. The second-order valence-electron chi connectivity index (χ2n) is 6.39. The van der Waals surface area contributed by atoms with E-state index in [2.05, 4.69) is 10.6 Å². The van der Waals surface area contributed by atoms with Crippen LogP contribution in [-0.4, -0.2) is 62.4 Å². The summed E-state index contributed by atoms with van der Waals surface area (Å²) in [6.45, 7) is 2.22. The molecule has 0 bridgehead atoms. The molecular formula is C19H26N4O5. The van der Waals surface area contributed by atoms with E-state index in [4.69, 9.17) is 4.74 Å². The van der Waals surface area contributed by atoms with Crippen molar-refractivity contribution in [3.8, 4) is 0 Å². The van der Waals surface area contributed by atoms with Gasteiger partial charge in [0.05, 0.1) is 5.69 Å². The lowest BCUT2D eigenvalue weighted by molar-refractivity contribution is -0.139. The zero-order chi connectivity index (χ0) is 20.7. The Morgan fingerprint density at radius 2 is 1.96 bits per heavy atom. The summed E-state index contributed by atoms with van der Waals surface area (Å²) in [4.78, 5) is 51.5. The minimum absolute atomic E-state index is 0.158. The standard InChI is InChI=1S/C19H26N4O5/c1-4-21-19(27)28-15-9-10-23(17(25)11-16(24)20-2)12-18(26)22(3)14-8-6-5-7-13(14)15/h5-8,15H,4,9-12H2,1-3H3,(H,20,24)(H,21,27). The Bertz CT molecular complexity index is 752. The van der Waals surface area contributed by atoms with Gasteiger partial charge in [-0.05, 0) is 13.0 Å². The summed E-state index contributed by atoms with van der Waals surface area (Å²) in [5, 5.41) is 4.99. The number of ether oxygens (including phenoxy) is 1. The monoisotopic (exact) mass is 390 g/mol. The second kappa shape index (κ2) is 9.72. The van der Waals surface area contributed by atoms with Gasteiger partial charge in [0.2, 0.25) is 17.7 Å². The number of amides is 4. The van der Waals surface area contributed by atoms with Crippen LogP contribution in [0.4, 0.5) is 10.5 Å². The molecule has 9 heteroatoms. The fourth-order valence-corrected chi connectivity index (χ4v) is 2.96. The van der Waals surface area contributed by atoms with E-state index < -0.39 is 24.0 Å². The minimum atomic E-state index is -0.647. The number of alkyl carbamates (subject to hydrolysis) is 1. The number of benzene rings is 1. The van der Waals surface area contributed by atoms with Crippen LogP contribution in [0.3, 0.4) is 0 Å². The molecule has 0 aromatic heterocycles. The van der Waals surface area contributed by atoms with Crippen molar-refractivity contribution < 1.29 is 23.9 Å². The zero-order valence-electron chi connectivity index (χ0n) is 16.4.